The minimum Gasteiger partial charge on any atom is -0.383 e. The average Bonchev–Trinajstić information content (AvgIpc) is 2.10. The van der Waals surface area contributed by atoms with Gasteiger partial charge in [0.15, 0.2) is 0 Å². The van der Waals surface area contributed by atoms with Crippen LogP contribution in [0.3, 0.4) is 0 Å². The van der Waals surface area contributed by atoms with Crippen molar-refractivity contribution in [3.05, 3.63) is 0 Å². The van der Waals surface area contributed by atoms with Gasteiger partial charge in [-0.05, 0) is 0 Å². The van der Waals surface area contributed by atoms with Gasteiger partial charge in [0.25, 0.3) is 0 Å². The minimum absolute atomic E-state index is 0.0931. The van der Waals surface area contributed by atoms with Gasteiger partial charge in [0.05, 0.1) is 6.61 Å². The van der Waals surface area contributed by atoms with E-state index in [1.165, 1.54) is 4.90 Å². The highest BCUT2D eigenvalue weighted by Crippen LogP contribution is 2.10. The molecule has 8 heteroatoms. The van der Waals surface area contributed by atoms with E-state index in [0.717, 1.165) is 0 Å². The van der Waals surface area contributed by atoms with Crippen LogP contribution in [0, 0.1) is 5.41 Å². The van der Waals surface area contributed by atoms with Crippen LogP contribution in [0.5, 0.6) is 0 Å². The molecule has 0 radical (unpaired) electrons. The molecule has 0 rings (SSSR count). The maximum Gasteiger partial charge on any atom is 0.337 e. The first-order valence-electron chi connectivity index (χ1n) is 3.52. The summed E-state index contributed by atoms with van der Waals surface area (Å²) < 4.78 is 19.0. The fourth-order valence-corrected chi connectivity index (χ4v) is 0.694. The van der Waals surface area contributed by atoms with Crippen LogP contribution in [-0.2, 0) is 13.9 Å². The van der Waals surface area contributed by atoms with Gasteiger partial charge in [-0.2, -0.15) is 4.62 Å². The Balaban J connectivity index is 3.63. The van der Waals surface area contributed by atoms with Gasteiger partial charge in [-0.25, -0.2) is 5.48 Å². The van der Waals surface area contributed by atoms with Crippen molar-refractivity contribution < 1.29 is 18.8 Å². The van der Waals surface area contributed by atoms with Gasteiger partial charge in [-0.15, -0.1) is 0 Å². The van der Waals surface area contributed by atoms with Crippen molar-refractivity contribution in [1.29, 1.82) is 5.41 Å². The quantitative estimate of drug-likeness (QED) is 0.243. The summed E-state index contributed by atoms with van der Waals surface area (Å²) in [6.45, 7) is 0.965. The van der Waals surface area contributed by atoms with Gasteiger partial charge in [0.1, 0.15) is 0 Å². The molecule has 0 saturated carbocycles. The molecule has 0 aromatic heterocycles. The van der Waals surface area contributed by atoms with E-state index >= 15 is 0 Å². The highest BCUT2D eigenvalue weighted by molar-refractivity contribution is 7.32. The summed E-state index contributed by atoms with van der Waals surface area (Å²) in [5, 5.41) is 7.27. The molecule has 0 aliphatic rings. The normalized spacial score (nSPS) is 12.2. The average molecular weight is 211 g/mol. The third kappa shape index (κ3) is 6.53. The van der Waals surface area contributed by atoms with Gasteiger partial charge in [0.2, 0.25) is 5.96 Å². The second-order valence-corrected chi connectivity index (χ2v) is 2.97. The molecule has 0 aromatic carbocycles. The standard InChI is InChI=1S/C5H14N3O4P/c1-8(3-4-11-2)5(6)7-12-13(9)10/h13H,3-4H2,1-2H3,(H2,6,7)(H,9,10). The number of guanidine groups is 1. The fourth-order valence-electron chi connectivity index (χ4n) is 0.510. The van der Waals surface area contributed by atoms with Crippen LogP contribution in [-0.4, -0.2) is 43.1 Å². The van der Waals surface area contributed by atoms with E-state index in [-0.39, 0.29) is 5.96 Å². The first-order valence-corrected chi connectivity index (χ1v) is 4.78. The van der Waals surface area contributed by atoms with Crippen molar-refractivity contribution in [2.45, 2.75) is 0 Å². The van der Waals surface area contributed by atoms with Crippen molar-refractivity contribution in [3.8, 4) is 0 Å². The van der Waals surface area contributed by atoms with Crippen LogP contribution in [0.2, 0.25) is 0 Å². The number of hydrogen-bond acceptors (Lipinski definition) is 4. The van der Waals surface area contributed by atoms with E-state index in [0.29, 0.717) is 13.2 Å². The Hall–Kier alpha value is -0.620. The first-order chi connectivity index (χ1) is 6.07. The molecule has 0 heterocycles. The minimum atomic E-state index is -3.04. The Morgan fingerprint density at radius 3 is 2.85 bits per heavy atom. The van der Waals surface area contributed by atoms with Gasteiger partial charge < -0.3 is 14.5 Å². The molecule has 0 aromatic rings. The maximum absolute atomic E-state index is 10.1. The van der Waals surface area contributed by atoms with Crippen molar-refractivity contribution >= 4 is 14.2 Å². The second kappa shape index (κ2) is 6.85. The van der Waals surface area contributed by atoms with Crippen molar-refractivity contribution in [2.24, 2.45) is 0 Å². The monoisotopic (exact) mass is 211 g/mol. The smallest absolute Gasteiger partial charge is 0.337 e. The largest absolute Gasteiger partial charge is 0.383 e. The number of nitrogens with one attached hydrogen (secondary N) is 2. The van der Waals surface area contributed by atoms with Gasteiger partial charge in [0, 0.05) is 20.7 Å². The lowest BCUT2D eigenvalue weighted by atomic mass is 10.6. The van der Waals surface area contributed by atoms with Crippen LogP contribution < -0.4 is 5.48 Å². The highest BCUT2D eigenvalue weighted by Gasteiger charge is 2.03. The zero-order valence-corrected chi connectivity index (χ0v) is 8.53. The summed E-state index contributed by atoms with van der Waals surface area (Å²) in [5.41, 5.74) is 2.03. The SMILES string of the molecule is COCCN(C)C(=N)NO[PH](=O)O. The van der Waals surface area contributed by atoms with Gasteiger partial charge >= 0.3 is 8.25 Å². The second-order valence-electron chi connectivity index (χ2n) is 2.23. The molecular formula is C5H14N3O4P. The first kappa shape index (κ1) is 12.4. The maximum atomic E-state index is 10.1. The van der Waals surface area contributed by atoms with Crippen LogP contribution in [0.1, 0.15) is 0 Å². The predicted molar refractivity (Wildman–Crippen MR) is 47.7 cm³/mol. The highest BCUT2D eigenvalue weighted by atomic mass is 31.1. The number of hydroxylamine groups is 1. The summed E-state index contributed by atoms with van der Waals surface area (Å²) in [7, 11) is 0.138. The van der Waals surface area contributed by atoms with Crippen LogP contribution in [0.15, 0.2) is 0 Å². The molecule has 0 saturated heterocycles. The Kier molecular flexibility index (Phi) is 6.52. The van der Waals surface area contributed by atoms with E-state index in [1.807, 2.05) is 5.48 Å². The van der Waals surface area contributed by atoms with Crippen molar-refractivity contribution in [1.82, 2.24) is 10.4 Å². The number of rotatable bonds is 5. The molecule has 0 bridgehead atoms. The molecule has 78 valence electrons. The van der Waals surface area contributed by atoms with Gasteiger partial charge in [-0.1, -0.05) is 0 Å². The van der Waals surface area contributed by atoms with Crippen molar-refractivity contribution in [2.75, 3.05) is 27.3 Å². The van der Waals surface area contributed by atoms with Crippen LogP contribution in [0.4, 0.5) is 0 Å². The molecule has 13 heavy (non-hydrogen) atoms. The number of ether oxygens (including phenoxy) is 1. The molecular weight excluding hydrogens is 197 g/mol. The van der Waals surface area contributed by atoms with E-state index < -0.39 is 8.25 Å². The summed E-state index contributed by atoms with van der Waals surface area (Å²) in [6.07, 6.45) is 0. The fraction of sp³-hybridized carbons (Fsp3) is 0.800. The third-order valence-electron chi connectivity index (χ3n) is 1.25. The zero-order chi connectivity index (χ0) is 10.3. The molecule has 0 aliphatic heterocycles. The lowest BCUT2D eigenvalue weighted by molar-refractivity contribution is 0.172. The van der Waals surface area contributed by atoms with Gasteiger partial charge in [-0.3, -0.25) is 9.97 Å². The number of nitrogens with zero attached hydrogens (tertiary/aromatic N) is 1. The molecule has 1 atom stereocenters. The summed E-state index contributed by atoms with van der Waals surface area (Å²) in [5.74, 6) is -0.0931. The number of hydrogen-bond donors (Lipinski definition) is 3. The van der Waals surface area contributed by atoms with E-state index in [2.05, 4.69) is 4.62 Å². The molecule has 0 aliphatic carbocycles. The van der Waals surface area contributed by atoms with Crippen molar-refractivity contribution in [3.63, 3.8) is 0 Å². The molecule has 1 unspecified atom stereocenters. The molecule has 0 fully saturated rings. The number of methoxy groups -OCH3 is 1. The predicted octanol–water partition coefficient (Wildman–Crippen LogP) is -0.597. The lowest BCUT2D eigenvalue weighted by Gasteiger charge is -2.18. The zero-order valence-electron chi connectivity index (χ0n) is 7.53. The summed E-state index contributed by atoms with van der Waals surface area (Å²) >= 11 is 0. The Labute approximate surface area is 77.0 Å². The third-order valence-corrected chi connectivity index (χ3v) is 1.52. The Morgan fingerprint density at radius 1 is 1.77 bits per heavy atom. The summed E-state index contributed by atoms with van der Waals surface area (Å²) in [4.78, 5) is 9.76. The van der Waals surface area contributed by atoms with Crippen LogP contribution >= 0.6 is 8.25 Å². The van der Waals surface area contributed by atoms with E-state index in [9.17, 15) is 4.57 Å². The molecule has 0 spiro atoms. The molecule has 3 N–H and O–H groups in total. The molecule has 7 nitrogen and oxygen atoms in total. The van der Waals surface area contributed by atoms with Crippen LogP contribution in [0.25, 0.3) is 0 Å². The number of likely N-dealkylation sites (N-methyl/N-ethyl adjacent to an activating group) is 1. The van der Waals surface area contributed by atoms with E-state index in [1.54, 1.807) is 14.2 Å². The van der Waals surface area contributed by atoms with E-state index in [4.69, 9.17) is 15.0 Å². The lowest BCUT2D eigenvalue weighted by Crippen LogP contribution is -2.38. The summed E-state index contributed by atoms with van der Waals surface area (Å²) in [6, 6.07) is 0. The molecule has 0 amide bonds. The Bertz CT molecular complexity index is 189. The Morgan fingerprint density at radius 2 is 2.38 bits per heavy atom. The topological polar surface area (TPSA) is 94.9 Å².